The molecule has 3 aromatic heterocycles. The van der Waals surface area contributed by atoms with Crippen molar-refractivity contribution in [2.24, 2.45) is 5.92 Å². The van der Waals surface area contributed by atoms with Gasteiger partial charge in [0, 0.05) is 31.0 Å². The molecule has 0 bridgehead atoms. The van der Waals surface area contributed by atoms with E-state index in [1.54, 1.807) is 48.7 Å². The summed E-state index contributed by atoms with van der Waals surface area (Å²) in [7, 11) is 3.97. The number of aryl methyl sites for hydroxylation is 1. The van der Waals surface area contributed by atoms with Crippen molar-refractivity contribution < 1.29 is 14.3 Å². The van der Waals surface area contributed by atoms with Crippen molar-refractivity contribution in [2.75, 3.05) is 32.5 Å². The molecule has 0 aliphatic heterocycles. The third kappa shape index (κ3) is 8.25. The van der Waals surface area contributed by atoms with E-state index >= 15 is 0 Å². The first kappa shape index (κ1) is 30.0. The molecular weight excluding hydrogens is 542 g/mol. The van der Waals surface area contributed by atoms with Crippen LogP contribution in [0, 0.1) is 5.92 Å². The van der Waals surface area contributed by atoms with Crippen LogP contribution in [0.5, 0.6) is 5.75 Å². The number of hydrogen-bond donors (Lipinski definition) is 2. The van der Waals surface area contributed by atoms with Crippen LogP contribution < -0.4 is 15.4 Å². The van der Waals surface area contributed by atoms with Gasteiger partial charge in [-0.25, -0.2) is 14.5 Å². The van der Waals surface area contributed by atoms with Crippen LogP contribution in [-0.4, -0.2) is 63.8 Å². The summed E-state index contributed by atoms with van der Waals surface area (Å²) < 4.78 is 7.21. The van der Waals surface area contributed by atoms with Gasteiger partial charge in [-0.3, -0.25) is 9.78 Å². The summed E-state index contributed by atoms with van der Waals surface area (Å²) >= 11 is 6.71. The number of ether oxygens (including phenoxy) is 1. The minimum Gasteiger partial charge on any atom is -0.410 e. The normalized spacial score (nSPS) is 11.3. The van der Waals surface area contributed by atoms with E-state index in [0.29, 0.717) is 57.9 Å². The SMILES string of the molecule is CC(C)CCCn1nc(NC(=O)c2cccnc2)c2cc(Cl)c(-c3ccc(OC(=O)NCCCN(C)C)cc3)nc21. The van der Waals surface area contributed by atoms with Gasteiger partial charge < -0.3 is 20.3 Å². The van der Waals surface area contributed by atoms with E-state index in [9.17, 15) is 9.59 Å². The third-order valence-corrected chi connectivity index (χ3v) is 6.66. The van der Waals surface area contributed by atoms with E-state index in [1.807, 2.05) is 18.8 Å². The van der Waals surface area contributed by atoms with Gasteiger partial charge in [-0.15, -0.1) is 0 Å². The zero-order valence-electron chi connectivity index (χ0n) is 23.9. The van der Waals surface area contributed by atoms with E-state index in [0.717, 1.165) is 31.4 Å². The Bertz CT molecular complexity index is 1470. The van der Waals surface area contributed by atoms with Crippen molar-refractivity contribution in [3.05, 3.63) is 65.4 Å². The average Bonchev–Trinajstić information content (AvgIpc) is 3.27. The Morgan fingerprint density at radius 3 is 2.59 bits per heavy atom. The molecule has 4 aromatic rings. The Morgan fingerprint density at radius 1 is 1.12 bits per heavy atom. The molecule has 0 aliphatic rings. The number of hydrogen-bond acceptors (Lipinski definition) is 7. The number of aromatic nitrogens is 4. The number of carbonyl (C=O) groups excluding carboxylic acids is 2. The molecule has 0 radical (unpaired) electrons. The quantitative estimate of drug-likeness (QED) is 0.202. The van der Waals surface area contributed by atoms with Crippen LogP contribution in [0.4, 0.5) is 10.6 Å². The second-order valence-corrected chi connectivity index (χ2v) is 10.9. The predicted molar refractivity (Wildman–Crippen MR) is 161 cm³/mol. The van der Waals surface area contributed by atoms with Gasteiger partial charge in [0.2, 0.25) is 0 Å². The van der Waals surface area contributed by atoms with E-state index in [1.165, 1.54) is 6.20 Å². The molecule has 11 heteroatoms. The van der Waals surface area contributed by atoms with Crippen LogP contribution in [0.15, 0.2) is 54.9 Å². The number of anilines is 1. The molecule has 0 fully saturated rings. The van der Waals surface area contributed by atoms with E-state index in [4.69, 9.17) is 26.4 Å². The lowest BCUT2D eigenvalue weighted by Gasteiger charge is -2.11. The first-order chi connectivity index (χ1) is 19.7. The van der Waals surface area contributed by atoms with Crippen LogP contribution in [-0.2, 0) is 6.54 Å². The number of benzene rings is 1. The average molecular weight is 578 g/mol. The molecule has 2 amide bonds. The molecule has 0 spiro atoms. The van der Waals surface area contributed by atoms with E-state index < -0.39 is 6.09 Å². The van der Waals surface area contributed by atoms with Crippen molar-refractivity contribution in [2.45, 2.75) is 39.7 Å². The van der Waals surface area contributed by atoms with Crippen molar-refractivity contribution in [1.29, 1.82) is 0 Å². The molecule has 0 aliphatic carbocycles. The van der Waals surface area contributed by atoms with Crippen LogP contribution in [0.2, 0.25) is 5.02 Å². The number of pyridine rings is 2. The summed E-state index contributed by atoms with van der Waals surface area (Å²) in [5.41, 5.74) is 2.36. The number of fused-ring (bicyclic) bond motifs is 1. The molecule has 0 unspecified atom stereocenters. The molecule has 4 rings (SSSR count). The summed E-state index contributed by atoms with van der Waals surface area (Å²) in [6, 6.07) is 12.2. The zero-order valence-corrected chi connectivity index (χ0v) is 24.6. The highest BCUT2D eigenvalue weighted by Crippen LogP contribution is 2.33. The van der Waals surface area contributed by atoms with Gasteiger partial charge in [-0.1, -0.05) is 25.4 Å². The standard InChI is InChI=1S/C30H36ClN7O3/c1-20(2)8-6-17-38-28-24(27(36-38)35-29(39)22-9-5-14-32-19-22)18-25(31)26(34-28)21-10-12-23(13-11-21)41-30(40)33-15-7-16-37(3)4/h5,9-14,18-20H,6-8,15-17H2,1-4H3,(H,33,40)(H,35,36,39). The second kappa shape index (κ2) is 14.0. The summed E-state index contributed by atoms with van der Waals surface area (Å²) in [5.74, 6) is 1.04. The molecule has 0 saturated heterocycles. The monoisotopic (exact) mass is 577 g/mol. The Hall–Kier alpha value is -4.02. The molecule has 10 nitrogen and oxygen atoms in total. The van der Waals surface area contributed by atoms with Gasteiger partial charge in [0.15, 0.2) is 11.5 Å². The Kier molecular flexibility index (Phi) is 10.3. The number of carbonyl (C=O) groups is 2. The highest BCUT2D eigenvalue weighted by Gasteiger charge is 2.19. The number of halogens is 1. The van der Waals surface area contributed by atoms with E-state index in [-0.39, 0.29) is 5.91 Å². The molecule has 216 valence electrons. The van der Waals surface area contributed by atoms with Gasteiger partial charge >= 0.3 is 6.09 Å². The van der Waals surface area contributed by atoms with E-state index in [2.05, 4.69) is 34.4 Å². The zero-order chi connectivity index (χ0) is 29.4. The lowest BCUT2D eigenvalue weighted by Crippen LogP contribution is -2.29. The van der Waals surface area contributed by atoms with Crippen LogP contribution in [0.25, 0.3) is 22.3 Å². The topological polar surface area (TPSA) is 114 Å². The molecular formula is C30H36ClN7O3. The van der Waals surface area contributed by atoms with Gasteiger partial charge in [-0.2, -0.15) is 5.10 Å². The summed E-state index contributed by atoms with van der Waals surface area (Å²) in [6.45, 7) is 6.41. The van der Waals surface area contributed by atoms with Crippen molar-refractivity contribution in [1.82, 2.24) is 30.0 Å². The first-order valence-corrected chi connectivity index (χ1v) is 14.1. The molecule has 0 atom stereocenters. The fraction of sp³-hybridized carbons (Fsp3) is 0.367. The predicted octanol–water partition coefficient (Wildman–Crippen LogP) is 5.88. The number of rotatable bonds is 12. The molecule has 2 N–H and O–H groups in total. The third-order valence-electron chi connectivity index (χ3n) is 6.37. The fourth-order valence-electron chi connectivity index (χ4n) is 4.26. The van der Waals surface area contributed by atoms with Crippen molar-refractivity contribution in [3.63, 3.8) is 0 Å². The maximum absolute atomic E-state index is 12.9. The Morgan fingerprint density at radius 2 is 1.90 bits per heavy atom. The maximum Gasteiger partial charge on any atom is 0.412 e. The van der Waals surface area contributed by atoms with Crippen LogP contribution >= 0.6 is 11.6 Å². The van der Waals surface area contributed by atoms with Crippen molar-refractivity contribution >= 4 is 40.5 Å². The number of amides is 2. The lowest BCUT2D eigenvalue weighted by molar-refractivity contribution is 0.102. The molecule has 1 aromatic carbocycles. The number of nitrogens with zero attached hydrogens (tertiary/aromatic N) is 5. The van der Waals surface area contributed by atoms with Gasteiger partial charge in [0.25, 0.3) is 5.91 Å². The highest BCUT2D eigenvalue weighted by atomic mass is 35.5. The van der Waals surface area contributed by atoms with Crippen molar-refractivity contribution in [3.8, 4) is 17.0 Å². The van der Waals surface area contributed by atoms with Crippen LogP contribution in [0.3, 0.4) is 0 Å². The minimum absolute atomic E-state index is 0.315. The summed E-state index contributed by atoms with van der Waals surface area (Å²) in [4.78, 5) is 35.9. The maximum atomic E-state index is 12.9. The minimum atomic E-state index is -0.500. The second-order valence-electron chi connectivity index (χ2n) is 10.5. The largest absolute Gasteiger partial charge is 0.412 e. The Labute approximate surface area is 245 Å². The number of nitrogens with one attached hydrogen (secondary N) is 2. The smallest absolute Gasteiger partial charge is 0.410 e. The molecule has 3 heterocycles. The lowest BCUT2D eigenvalue weighted by atomic mass is 10.1. The first-order valence-electron chi connectivity index (χ1n) is 13.7. The van der Waals surface area contributed by atoms with Crippen LogP contribution in [0.1, 0.15) is 43.5 Å². The molecule has 41 heavy (non-hydrogen) atoms. The van der Waals surface area contributed by atoms with Gasteiger partial charge in [0.1, 0.15) is 5.75 Å². The van der Waals surface area contributed by atoms with Gasteiger partial charge in [-0.05, 0) is 88.3 Å². The Balaban J connectivity index is 1.56. The summed E-state index contributed by atoms with van der Waals surface area (Å²) in [6.07, 6.45) is 5.39. The fourth-order valence-corrected chi connectivity index (χ4v) is 4.52. The molecule has 0 saturated carbocycles. The summed E-state index contributed by atoms with van der Waals surface area (Å²) in [5, 5.41) is 11.4. The highest BCUT2D eigenvalue weighted by molar-refractivity contribution is 6.34. The van der Waals surface area contributed by atoms with Gasteiger partial charge in [0.05, 0.1) is 21.7 Å².